The van der Waals surface area contributed by atoms with Crippen molar-refractivity contribution in [3.8, 4) is 5.75 Å². The van der Waals surface area contributed by atoms with Crippen LogP contribution in [0.5, 0.6) is 5.75 Å². The zero-order valence-electron chi connectivity index (χ0n) is 16.6. The van der Waals surface area contributed by atoms with Gasteiger partial charge in [-0.3, -0.25) is 9.59 Å². The summed E-state index contributed by atoms with van der Waals surface area (Å²) in [5.41, 5.74) is 1.06. The van der Waals surface area contributed by atoms with Gasteiger partial charge in [0.15, 0.2) is 13.1 Å². The molecule has 29 heavy (non-hydrogen) atoms. The summed E-state index contributed by atoms with van der Waals surface area (Å²) in [4.78, 5) is 23.7. The Morgan fingerprint density at radius 2 is 2.07 bits per heavy atom. The molecule has 1 fully saturated rings. The number of carbonyl (C=O) groups is 2. The third kappa shape index (κ3) is 5.49. The molecule has 2 atom stereocenters. The van der Waals surface area contributed by atoms with Crippen molar-refractivity contribution in [2.24, 2.45) is 5.92 Å². The molecule has 8 nitrogen and oxygen atoms in total. The summed E-state index contributed by atoms with van der Waals surface area (Å²) in [6, 6.07) is 5.14. The molecular formula is C20H28BNO7. The van der Waals surface area contributed by atoms with Crippen LogP contribution in [0.4, 0.5) is 0 Å². The number of aliphatic hydroxyl groups excluding tert-OH is 1. The van der Waals surface area contributed by atoms with Crippen molar-refractivity contribution in [2.45, 2.75) is 64.1 Å². The molecule has 3 rings (SSSR count). The molecule has 2 aliphatic rings. The molecule has 9 heteroatoms. The van der Waals surface area contributed by atoms with E-state index in [2.05, 4.69) is 5.32 Å². The molecule has 0 bridgehead atoms. The van der Waals surface area contributed by atoms with Crippen LogP contribution in [0.1, 0.15) is 62.9 Å². The number of hydrogen-bond acceptors (Lipinski definition) is 7. The van der Waals surface area contributed by atoms with Crippen LogP contribution in [-0.2, 0) is 25.5 Å². The van der Waals surface area contributed by atoms with Crippen molar-refractivity contribution in [1.29, 1.82) is 0 Å². The van der Waals surface area contributed by atoms with Crippen molar-refractivity contribution in [3.05, 3.63) is 29.3 Å². The van der Waals surface area contributed by atoms with E-state index in [1.54, 1.807) is 25.1 Å². The molecule has 1 aliphatic carbocycles. The van der Waals surface area contributed by atoms with E-state index >= 15 is 0 Å². The number of hydrogen-bond donors (Lipinski definition) is 3. The Labute approximate surface area is 170 Å². The Morgan fingerprint density at radius 1 is 1.31 bits per heavy atom. The summed E-state index contributed by atoms with van der Waals surface area (Å²) in [7, 11) is -1.24. The number of nitrogens with one attached hydrogen (secondary N) is 1. The number of carbonyl (C=O) groups excluding carboxylic acids is 2. The molecule has 0 radical (unpaired) electrons. The van der Waals surface area contributed by atoms with Crippen molar-refractivity contribution in [1.82, 2.24) is 5.32 Å². The van der Waals surface area contributed by atoms with Crippen LogP contribution in [0.15, 0.2) is 18.2 Å². The number of para-hydroxylation sites is 1. The lowest BCUT2D eigenvalue weighted by Crippen LogP contribution is -2.53. The number of amides is 1. The van der Waals surface area contributed by atoms with Crippen LogP contribution in [0.2, 0.25) is 0 Å². The van der Waals surface area contributed by atoms with E-state index < -0.39 is 19.3 Å². The molecule has 1 aromatic carbocycles. The maximum absolute atomic E-state index is 12.1. The van der Waals surface area contributed by atoms with E-state index in [-0.39, 0.29) is 24.6 Å². The molecule has 1 amide bonds. The van der Waals surface area contributed by atoms with Gasteiger partial charge in [-0.25, -0.2) is 0 Å². The quantitative estimate of drug-likeness (QED) is 0.359. The molecule has 0 aromatic heterocycles. The summed E-state index contributed by atoms with van der Waals surface area (Å²) in [5, 5.41) is 23.3. The zero-order chi connectivity index (χ0) is 20.8. The number of rotatable bonds is 7. The van der Waals surface area contributed by atoms with Gasteiger partial charge in [-0.1, -0.05) is 44.4 Å². The van der Waals surface area contributed by atoms with Gasteiger partial charge in [0.2, 0.25) is 5.91 Å². The summed E-state index contributed by atoms with van der Waals surface area (Å²) >= 11 is 0. The summed E-state index contributed by atoms with van der Waals surface area (Å²) in [6.45, 7) is 1.37. The van der Waals surface area contributed by atoms with Crippen LogP contribution >= 0.6 is 0 Å². The fourth-order valence-corrected chi connectivity index (χ4v) is 3.78. The Bertz CT molecular complexity index is 723. The van der Waals surface area contributed by atoms with Crippen molar-refractivity contribution < 1.29 is 33.8 Å². The van der Waals surface area contributed by atoms with Gasteiger partial charge in [0.05, 0.1) is 11.9 Å². The maximum atomic E-state index is 12.1. The Kier molecular flexibility index (Phi) is 7.52. The molecule has 1 saturated carbocycles. The first-order chi connectivity index (χ1) is 14.0. The lowest BCUT2D eigenvalue weighted by Gasteiger charge is -2.30. The first-order valence-electron chi connectivity index (χ1n) is 10.2. The van der Waals surface area contributed by atoms with Gasteiger partial charge in [-0.15, -0.1) is 0 Å². The minimum absolute atomic E-state index is 0.0947. The first kappa shape index (κ1) is 21.6. The Morgan fingerprint density at radius 3 is 2.79 bits per heavy atom. The number of benzene rings is 1. The van der Waals surface area contributed by atoms with E-state index in [1.807, 2.05) is 0 Å². The van der Waals surface area contributed by atoms with Crippen LogP contribution < -0.4 is 9.97 Å². The largest absolute Gasteiger partial charge is 0.547 e. The average Bonchev–Trinajstić information content (AvgIpc) is 2.74. The molecule has 1 heterocycles. The molecule has 1 aliphatic heterocycles. The topological polar surface area (TPSA) is 114 Å². The molecule has 1 aromatic rings. The lowest BCUT2D eigenvalue weighted by atomic mass is 9.72. The molecular weight excluding hydrogens is 377 g/mol. The van der Waals surface area contributed by atoms with Crippen molar-refractivity contribution in [3.63, 3.8) is 0 Å². The van der Waals surface area contributed by atoms with Gasteiger partial charge in [0.1, 0.15) is 5.75 Å². The van der Waals surface area contributed by atoms with Gasteiger partial charge in [-0.05, 0) is 24.8 Å². The predicted octanol–water partition coefficient (Wildman–Crippen LogP) is 1.62. The Hall–Kier alpha value is -2.10. The minimum Gasteiger partial charge on any atom is -0.534 e. The molecule has 0 spiro atoms. The summed E-state index contributed by atoms with van der Waals surface area (Å²) in [5.74, 6) is -0.830. The Balaban J connectivity index is 1.58. The monoisotopic (exact) mass is 405 g/mol. The van der Waals surface area contributed by atoms with Crippen LogP contribution in [0, 0.1) is 5.92 Å². The molecule has 3 N–H and O–H groups in total. The summed E-state index contributed by atoms with van der Waals surface area (Å²) < 4.78 is 16.0. The third-order valence-electron chi connectivity index (χ3n) is 5.45. The van der Waals surface area contributed by atoms with E-state index in [0.29, 0.717) is 24.2 Å². The smallest absolute Gasteiger partial charge is 0.534 e. The number of aliphatic hydroxyl groups is 1. The van der Waals surface area contributed by atoms with Crippen molar-refractivity contribution >= 4 is 19.0 Å². The van der Waals surface area contributed by atoms with Crippen LogP contribution in [0.3, 0.4) is 0 Å². The maximum Gasteiger partial charge on any atom is 0.547 e. The normalized spacial score (nSPS) is 20.4. The fraction of sp³-hybridized carbons (Fsp3) is 0.600. The lowest BCUT2D eigenvalue weighted by molar-refractivity contribution is -0.190. The number of fused-ring (bicyclic) bond motifs is 1. The second-order valence-electron chi connectivity index (χ2n) is 7.51. The zero-order valence-corrected chi connectivity index (χ0v) is 16.6. The van der Waals surface area contributed by atoms with E-state index in [4.69, 9.17) is 14.1 Å². The SMILES string of the molecule is CCC(=O)N[C@H]1Cc2cccc(C(O)OCOC(=O)C3CCCCC3)c2OB1O. The number of esters is 1. The highest BCUT2D eigenvalue weighted by atomic mass is 16.7. The minimum atomic E-state index is -1.38. The van der Waals surface area contributed by atoms with Gasteiger partial charge in [0.25, 0.3) is 0 Å². The highest BCUT2D eigenvalue weighted by molar-refractivity contribution is 6.46. The molecule has 1 unspecified atom stereocenters. The van der Waals surface area contributed by atoms with Gasteiger partial charge in [-0.2, -0.15) is 0 Å². The highest BCUT2D eigenvalue weighted by Crippen LogP contribution is 2.34. The van der Waals surface area contributed by atoms with Crippen LogP contribution in [-0.4, -0.2) is 41.9 Å². The summed E-state index contributed by atoms with van der Waals surface area (Å²) in [6.07, 6.45) is 4.15. The van der Waals surface area contributed by atoms with E-state index in [0.717, 1.165) is 37.7 Å². The third-order valence-corrected chi connectivity index (χ3v) is 5.45. The second kappa shape index (κ2) is 10.1. The van der Waals surface area contributed by atoms with Gasteiger partial charge < -0.3 is 29.6 Å². The molecule has 0 saturated heterocycles. The van der Waals surface area contributed by atoms with Crippen LogP contribution in [0.25, 0.3) is 0 Å². The van der Waals surface area contributed by atoms with E-state index in [9.17, 15) is 19.7 Å². The fourth-order valence-electron chi connectivity index (χ4n) is 3.78. The van der Waals surface area contributed by atoms with Gasteiger partial charge >= 0.3 is 13.1 Å². The average molecular weight is 405 g/mol. The van der Waals surface area contributed by atoms with Gasteiger partial charge in [0, 0.05) is 12.0 Å². The standard InChI is InChI=1S/C20H28BNO7/c1-2-17(23)22-16-11-14-9-6-10-15(18(14)29-21(16)26)20(25)28-12-27-19(24)13-7-4-3-5-8-13/h6,9-10,13,16,20,25-26H,2-5,7-8,11-12H2,1H3,(H,22,23)/t16-,20?/m0/s1. The predicted molar refractivity (Wildman–Crippen MR) is 105 cm³/mol. The second-order valence-corrected chi connectivity index (χ2v) is 7.51. The van der Waals surface area contributed by atoms with E-state index in [1.165, 1.54) is 0 Å². The highest BCUT2D eigenvalue weighted by Gasteiger charge is 2.37. The van der Waals surface area contributed by atoms with Crippen molar-refractivity contribution in [2.75, 3.05) is 6.79 Å². The number of ether oxygens (including phenoxy) is 2. The molecule has 158 valence electrons. The first-order valence-corrected chi connectivity index (χ1v) is 10.2.